The minimum Gasteiger partial charge on any atom is -0.315 e. The third-order valence-corrected chi connectivity index (χ3v) is 4.21. The van der Waals surface area contributed by atoms with Crippen LogP contribution in [0.4, 0.5) is 0 Å². The van der Waals surface area contributed by atoms with Gasteiger partial charge in [0.2, 0.25) is 10.0 Å². The molecule has 0 aliphatic carbocycles. The Balaban J connectivity index is 0.00000144. The van der Waals surface area contributed by atoms with E-state index >= 15 is 0 Å². The Morgan fingerprint density at radius 2 is 1.94 bits per heavy atom. The lowest BCUT2D eigenvalue weighted by Gasteiger charge is -2.23. The Morgan fingerprint density at radius 1 is 1.24 bits per heavy atom. The molecule has 0 radical (unpaired) electrons. The molecule has 17 heavy (non-hydrogen) atoms. The van der Waals surface area contributed by atoms with Gasteiger partial charge in [0, 0.05) is 12.6 Å². The highest BCUT2D eigenvalue weighted by atomic mass is 35.5. The zero-order chi connectivity index (χ0) is 11.4. The summed E-state index contributed by atoms with van der Waals surface area (Å²) in [4.78, 5) is 0.334. The number of nitrogens with one attached hydrogen (secondary N) is 2. The van der Waals surface area contributed by atoms with Crippen LogP contribution in [-0.2, 0) is 10.0 Å². The zero-order valence-corrected chi connectivity index (χ0v) is 11.1. The van der Waals surface area contributed by atoms with Crippen LogP contribution in [0.15, 0.2) is 35.2 Å². The summed E-state index contributed by atoms with van der Waals surface area (Å²) in [6.45, 7) is 1.69. The molecule has 0 aromatic heterocycles. The van der Waals surface area contributed by atoms with Crippen molar-refractivity contribution in [2.75, 3.05) is 13.1 Å². The van der Waals surface area contributed by atoms with Gasteiger partial charge in [-0.15, -0.1) is 12.4 Å². The molecule has 0 amide bonds. The summed E-state index contributed by atoms with van der Waals surface area (Å²) in [5.74, 6) is 0. The molecule has 0 spiro atoms. The lowest BCUT2D eigenvalue weighted by Crippen LogP contribution is -2.45. The highest BCUT2D eigenvalue weighted by molar-refractivity contribution is 7.89. The Kier molecular flexibility index (Phi) is 5.39. The summed E-state index contributed by atoms with van der Waals surface area (Å²) in [5, 5.41) is 3.18. The first kappa shape index (κ1) is 14.4. The van der Waals surface area contributed by atoms with Crippen molar-refractivity contribution < 1.29 is 8.42 Å². The molecular weight excluding hydrogens is 260 g/mol. The standard InChI is InChI=1S/C11H16N2O2S.ClH/c14-16(15,11-6-2-1-3-7-11)13-10-5-4-8-12-9-10;/h1-3,6-7,10,12-13H,4-5,8-9H2;1H/t10-;/m0./s1. The van der Waals surface area contributed by atoms with E-state index < -0.39 is 10.0 Å². The van der Waals surface area contributed by atoms with Crippen LogP contribution in [0.3, 0.4) is 0 Å². The van der Waals surface area contributed by atoms with Crippen molar-refractivity contribution in [1.29, 1.82) is 0 Å². The molecule has 0 bridgehead atoms. The Labute approximate surface area is 108 Å². The molecule has 0 saturated carbocycles. The van der Waals surface area contributed by atoms with Gasteiger partial charge in [-0.3, -0.25) is 0 Å². The van der Waals surface area contributed by atoms with Gasteiger partial charge in [-0.1, -0.05) is 18.2 Å². The monoisotopic (exact) mass is 276 g/mol. The number of hydrogen-bond donors (Lipinski definition) is 2. The lowest BCUT2D eigenvalue weighted by atomic mass is 10.1. The molecule has 1 atom stereocenters. The number of rotatable bonds is 3. The van der Waals surface area contributed by atoms with E-state index in [0.717, 1.165) is 19.4 Å². The lowest BCUT2D eigenvalue weighted by molar-refractivity contribution is 0.428. The highest BCUT2D eigenvalue weighted by Gasteiger charge is 2.20. The largest absolute Gasteiger partial charge is 0.315 e. The molecule has 1 aromatic carbocycles. The van der Waals surface area contributed by atoms with E-state index in [1.807, 2.05) is 0 Å². The van der Waals surface area contributed by atoms with E-state index in [-0.39, 0.29) is 18.4 Å². The minimum atomic E-state index is -3.35. The van der Waals surface area contributed by atoms with Gasteiger partial charge in [-0.25, -0.2) is 13.1 Å². The molecular formula is C11H17ClN2O2S. The number of benzene rings is 1. The predicted octanol–water partition coefficient (Wildman–Crippen LogP) is 1.14. The highest BCUT2D eigenvalue weighted by Crippen LogP contribution is 2.10. The van der Waals surface area contributed by atoms with Crippen molar-refractivity contribution in [2.45, 2.75) is 23.8 Å². The maximum atomic E-state index is 12.0. The molecule has 1 aliphatic rings. The van der Waals surface area contributed by atoms with Crippen molar-refractivity contribution in [2.24, 2.45) is 0 Å². The van der Waals surface area contributed by atoms with Crippen LogP contribution in [0.5, 0.6) is 0 Å². The quantitative estimate of drug-likeness (QED) is 0.870. The van der Waals surface area contributed by atoms with Crippen LogP contribution in [0, 0.1) is 0 Å². The molecule has 1 aliphatic heterocycles. The first-order valence-corrected chi connectivity index (χ1v) is 6.95. The second-order valence-electron chi connectivity index (χ2n) is 3.98. The third-order valence-electron chi connectivity index (χ3n) is 2.67. The molecule has 1 saturated heterocycles. The fraction of sp³-hybridized carbons (Fsp3) is 0.455. The van der Waals surface area contributed by atoms with E-state index in [9.17, 15) is 8.42 Å². The van der Waals surface area contributed by atoms with Crippen LogP contribution >= 0.6 is 12.4 Å². The van der Waals surface area contributed by atoms with E-state index in [4.69, 9.17) is 0 Å². The SMILES string of the molecule is Cl.O=S(=O)(N[C@H]1CCCNC1)c1ccccc1. The normalized spacial score (nSPS) is 20.6. The topological polar surface area (TPSA) is 58.2 Å². The average molecular weight is 277 g/mol. The summed E-state index contributed by atoms with van der Waals surface area (Å²) in [5.41, 5.74) is 0. The van der Waals surface area contributed by atoms with Crippen LogP contribution in [0.2, 0.25) is 0 Å². The Hall–Kier alpha value is -0.620. The number of hydrogen-bond acceptors (Lipinski definition) is 3. The van der Waals surface area contributed by atoms with Crippen molar-refractivity contribution in [1.82, 2.24) is 10.0 Å². The number of piperidine rings is 1. The summed E-state index contributed by atoms with van der Waals surface area (Å²) >= 11 is 0. The molecule has 96 valence electrons. The van der Waals surface area contributed by atoms with Crippen LogP contribution < -0.4 is 10.0 Å². The predicted molar refractivity (Wildman–Crippen MR) is 69.9 cm³/mol. The van der Waals surface area contributed by atoms with Crippen molar-refractivity contribution in [3.63, 3.8) is 0 Å². The Morgan fingerprint density at radius 3 is 2.53 bits per heavy atom. The summed E-state index contributed by atoms with van der Waals surface area (Å²) in [6.07, 6.45) is 1.92. The molecule has 2 rings (SSSR count). The average Bonchev–Trinajstić information content (AvgIpc) is 2.31. The van der Waals surface area contributed by atoms with E-state index in [2.05, 4.69) is 10.0 Å². The molecule has 1 heterocycles. The van der Waals surface area contributed by atoms with Gasteiger partial charge >= 0.3 is 0 Å². The second-order valence-corrected chi connectivity index (χ2v) is 5.69. The molecule has 6 heteroatoms. The zero-order valence-electron chi connectivity index (χ0n) is 9.43. The fourth-order valence-electron chi connectivity index (χ4n) is 1.84. The first-order chi connectivity index (χ1) is 7.68. The molecule has 1 aromatic rings. The second kappa shape index (κ2) is 6.35. The molecule has 2 N–H and O–H groups in total. The van der Waals surface area contributed by atoms with Gasteiger partial charge in [-0.05, 0) is 31.5 Å². The summed E-state index contributed by atoms with van der Waals surface area (Å²) in [6, 6.07) is 8.50. The Bertz CT molecular complexity index is 430. The van der Waals surface area contributed by atoms with Crippen LogP contribution in [0.1, 0.15) is 12.8 Å². The van der Waals surface area contributed by atoms with Crippen molar-refractivity contribution in [3.8, 4) is 0 Å². The molecule has 1 fully saturated rings. The summed E-state index contributed by atoms with van der Waals surface area (Å²) < 4.78 is 26.6. The van der Waals surface area contributed by atoms with Gasteiger partial charge in [0.15, 0.2) is 0 Å². The molecule has 4 nitrogen and oxygen atoms in total. The maximum absolute atomic E-state index is 12.0. The third kappa shape index (κ3) is 3.96. The van der Waals surface area contributed by atoms with Crippen molar-refractivity contribution >= 4 is 22.4 Å². The van der Waals surface area contributed by atoms with E-state index in [1.54, 1.807) is 30.3 Å². The van der Waals surface area contributed by atoms with E-state index in [0.29, 0.717) is 11.4 Å². The van der Waals surface area contributed by atoms with Gasteiger partial charge in [0.1, 0.15) is 0 Å². The van der Waals surface area contributed by atoms with E-state index in [1.165, 1.54) is 0 Å². The van der Waals surface area contributed by atoms with Crippen LogP contribution in [0.25, 0.3) is 0 Å². The maximum Gasteiger partial charge on any atom is 0.240 e. The van der Waals surface area contributed by atoms with Crippen molar-refractivity contribution in [3.05, 3.63) is 30.3 Å². The molecule has 0 unspecified atom stereocenters. The minimum absolute atomic E-state index is 0. The number of halogens is 1. The number of sulfonamides is 1. The smallest absolute Gasteiger partial charge is 0.240 e. The van der Waals surface area contributed by atoms with Gasteiger partial charge in [0.25, 0.3) is 0 Å². The first-order valence-electron chi connectivity index (χ1n) is 5.46. The van der Waals surface area contributed by atoms with Gasteiger partial charge in [-0.2, -0.15) is 0 Å². The summed E-state index contributed by atoms with van der Waals surface area (Å²) in [7, 11) is -3.35. The van der Waals surface area contributed by atoms with Gasteiger partial charge < -0.3 is 5.32 Å². The van der Waals surface area contributed by atoms with Gasteiger partial charge in [0.05, 0.1) is 4.90 Å². The van der Waals surface area contributed by atoms with Crippen LogP contribution in [-0.4, -0.2) is 27.5 Å². The fourth-order valence-corrected chi connectivity index (χ4v) is 3.13.